The summed E-state index contributed by atoms with van der Waals surface area (Å²) < 4.78 is 27.4. The van der Waals surface area contributed by atoms with E-state index in [4.69, 9.17) is 11.6 Å². The molecule has 7 heteroatoms. The van der Waals surface area contributed by atoms with Crippen molar-refractivity contribution in [1.82, 2.24) is 0 Å². The molecule has 0 radical (unpaired) electrons. The first-order valence-corrected chi connectivity index (χ1v) is 8.04. The van der Waals surface area contributed by atoms with Gasteiger partial charge in [0, 0.05) is 18.8 Å². The van der Waals surface area contributed by atoms with Gasteiger partial charge in [-0.1, -0.05) is 0 Å². The van der Waals surface area contributed by atoms with Crippen LogP contribution in [-0.4, -0.2) is 26.8 Å². The van der Waals surface area contributed by atoms with Crippen molar-refractivity contribution < 1.29 is 8.42 Å². The van der Waals surface area contributed by atoms with Crippen LogP contribution in [0, 0.1) is 0 Å². The Hall–Kier alpha value is -1.27. The molecule has 0 atom stereocenters. The number of nitrogens with one attached hydrogen (secondary N) is 1. The van der Waals surface area contributed by atoms with Crippen molar-refractivity contribution in [2.45, 2.75) is 24.2 Å². The summed E-state index contributed by atoms with van der Waals surface area (Å²) in [6, 6.07) is 5.34. The van der Waals surface area contributed by atoms with E-state index >= 15 is 0 Å². The SMILES string of the molecule is O=S1(=O)N=C(Cl)Nc2ccc(N3CCCCC3)cc21. The number of sulfonamides is 1. The molecule has 1 saturated heterocycles. The summed E-state index contributed by atoms with van der Waals surface area (Å²) in [7, 11) is -3.69. The lowest BCUT2D eigenvalue weighted by Crippen LogP contribution is -2.29. The Labute approximate surface area is 117 Å². The van der Waals surface area contributed by atoms with Crippen LogP contribution in [0.15, 0.2) is 27.5 Å². The van der Waals surface area contributed by atoms with E-state index in [0.29, 0.717) is 5.69 Å². The fourth-order valence-electron chi connectivity index (χ4n) is 2.47. The van der Waals surface area contributed by atoms with Crippen LogP contribution in [0.5, 0.6) is 0 Å². The third-order valence-corrected chi connectivity index (χ3v) is 5.00. The fourth-order valence-corrected chi connectivity index (χ4v) is 3.86. The van der Waals surface area contributed by atoms with E-state index in [1.54, 1.807) is 12.1 Å². The number of fused-ring (bicyclic) bond motifs is 1. The van der Waals surface area contributed by atoms with E-state index in [1.165, 1.54) is 6.42 Å². The molecule has 1 aromatic carbocycles. The Kier molecular flexibility index (Phi) is 3.14. The molecule has 0 unspecified atom stereocenters. The van der Waals surface area contributed by atoms with E-state index in [1.807, 2.05) is 6.07 Å². The van der Waals surface area contributed by atoms with Crippen LogP contribution in [0.1, 0.15) is 19.3 Å². The molecule has 0 aliphatic carbocycles. The van der Waals surface area contributed by atoms with Gasteiger partial charge < -0.3 is 10.2 Å². The third kappa shape index (κ3) is 2.42. The Morgan fingerprint density at radius 3 is 2.68 bits per heavy atom. The van der Waals surface area contributed by atoms with Crippen LogP contribution in [0.2, 0.25) is 0 Å². The second-order valence-corrected chi connectivity index (χ2v) is 6.64. The van der Waals surface area contributed by atoms with Crippen LogP contribution < -0.4 is 10.2 Å². The molecule has 0 spiro atoms. The quantitative estimate of drug-likeness (QED) is 0.809. The average molecular weight is 300 g/mol. The number of rotatable bonds is 1. The predicted molar refractivity (Wildman–Crippen MR) is 76.6 cm³/mol. The largest absolute Gasteiger partial charge is 0.371 e. The molecule has 0 saturated carbocycles. The Bertz CT molecular complexity index is 636. The molecular weight excluding hydrogens is 286 g/mol. The molecule has 2 aliphatic rings. The number of amidine groups is 1. The summed E-state index contributed by atoms with van der Waals surface area (Å²) in [5.74, 6) is 0. The molecule has 0 amide bonds. The van der Waals surface area contributed by atoms with E-state index in [9.17, 15) is 8.42 Å². The number of hydrogen-bond acceptors (Lipinski definition) is 4. The summed E-state index contributed by atoms with van der Waals surface area (Å²) in [4.78, 5) is 2.40. The smallest absolute Gasteiger partial charge is 0.287 e. The van der Waals surface area contributed by atoms with Crippen LogP contribution in [0.25, 0.3) is 0 Å². The average Bonchev–Trinajstić information content (AvgIpc) is 2.38. The fraction of sp³-hybridized carbons (Fsp3) is 0.417. The topological polar surface area (TPSA) is 61.8 Å². The Morgan fingerprint density at radius 2 is 1.95 bits per heavy atom. The van der Waals surface area contributed by atoms with Gasteiger partial charge in [-0.3, -0.25) is 0 Å². The number of anilines is 2. The van der Waals surface area contributed by atoms with Gasteiger partial charge in [-0.15, -0.1) is 4.40 Å². The lowest BCUT2D eigenvalue weighted by atomic mass is 10.1. The van der Waals surface area contributed by atoms with E-state index in [2.05, 4.69) is 14.6 Å². The molecule has 1 aromatic rings. The maximum Gasteiger partial charge on any atom is 0.287 e. The Morgan fingerprint density at radius 1 is 1.21 bits per heavy atom. The van der Waals surface area contributed by atoms with Crippen LogP contribution >= 0.6 is 11.6 Å². The molecule has 2 heterocycles. The van der Waals surface area contributed by atoms with E-state index < -0.39 is 10.0 Å². The van der Waals surface area contributed by atoms with Crippen molar-refractivity contribution in [2.24, 2.45) is 4.40 Å². The van der Waals surface area contributed by atoms with Gasteiger partial charge in [0.1, 0.15) is 4.90 Å². The zero-order chi connectivity index (χ0) is 13.5. The number of hydrogen-bond donors (Lipinski definition) is 1. The van der Waals surface area contributed by atoms with Gasteiger partial charge in [-0.2, -0.15) is 8.42 Å². The van der Waals surface area contributed by atoms with Crippen molar-refractivity contribution in [3.63, 3.8) is 0 Å². The minimum absolute atomic E-state index is 0.113. The number of benzene rings is 1. The van der Waals surface area contributed by atoms with Crippen molar-refractivity contribution in [2.75, 3.05) is 23.3 Å². The third-order valence-electron chi connectivity index (χ3n) is 3.40. The normalized spacial score (nSPS) is 21.3. The number of piperidine rings is 1. The standard InChI is InChI=1S/C12H14ClN3O2S/c13-12-14-10-5-4-9(16-6-2-1-3-7-16)8-11(10)19(17,18)15-12/h4-5,8H,1-3,6-7H2,(H,14,15). The summed E-state index contributed by atoms with van der Waals surface area (Å²) in [5, 5.41) is 2.65. The summed E-state index contributed by atoms with van der Waals surface area (Å²) >= 11 is 5.67. The second-order valence-electron chi connectivity index (χ2n) is 4.71. The molecule has 2 aliphatic heterocycles. The lowest BCUT2D eigenvalue weighted by Gasteiger charge is -2.29. The van der Waals surface area contributed by atoms with Gasteiger partial charge in [0.25, 0.3) is 10.0 Å². The lowest BCUT2D eigenvalue weighted by molar-refractivity contribution is 0.577. The molecule has 19 heavy (non-hydrogen) atoms. The van der Waals surface area contributed by atoms with E-state index in [-0.39, 0.29) is 10.2 Å². The maximum atomic E-state index is 12.0. The molecule has 0 aromatic heterocycles. The minimum atomic E-state index is -3.69. The molecule has 102 valence electrons. The highest BCUT2D eigenvalue weighted by Gasteiger charge is 2.25. The molecular formula is C12H14ClN3O2S. The van der Waals surface area contributed by atoms with Gasteiger partial charge in [0.2, 0.25) is 5.29 Å². The van der Waals surface area contributed by atoms with Gasteiger partial charge in [0.15, 0.2) is 0 Å². The second kappa shape index (κ2) is 4.68. The zero-order valence-electron chi connectivity index (χ0n) is 10.3. The first-order chi connectivity index (χ1) is 9.06. The Balaban J connectivity index is 2.01. The zero-order valence-corrected chi connectivity index (χ0v) is 11.8. The highest BCUT2D eigenvalue weighted by molar-refractivity contribution is 7.90. The minimum Gasteiger partial charge on any atom is -0.371 e. The van der Waals surface area contributed by atoms with Gasteiger partial charge >= 0.3 is 0 Å². The van der Waals surface area contributed by atoms with Gasteiger partial charge in [-0.25, -0.2) is 0 Å². The molecule has 1 N–H and O–H groups in total. The van der Waals surface area contributed by atoms with Crippen LogP contribution in [0.3, 0.4) is 0 Å². The van der Waals surface area contributed by atoms with Gasteiger partial charge in [-0.05, 0) is 49.1 Å². The van der Waals surface area contributed by atoms with Gasteiger partial charge in [0.05, 0.1) is 5.69 Å². The molecule has 0 bridgehead atoms. The van der Waals surface area contributed by atoms with Crippen LogP contribution in [-0.2, 0) is 10.0 Å². The molecule has 3 rings (SSSR count). The van der Waals surface area contributed by atoms with Crippen molar-refractivity contribution >= 4 is 38.3 Å². The van der Waals surface area contributed by atoms with Crippen molar-refractivity contribution in [3.05, 3.63) is 18.2 Å². The summed E-state index contributed by atoms with van der Waals surface area (Å²) in [5.41, 5.74) is 1.41. The van der Waals surface area contributed by atoms with Crippen molar-refractivity contribution in [1.29, 1.82) is 0 Å². The summed E-state index contributed by atoms with van der Waals surface area (Å²) in [6.45, 7) is 1.94. The van der Waals surface area contributed by atoms with E-state index in [0.717, 1.165) is 31.6 Å². The maximum absolute atomic E-state index is 12.0. The highest BCUT2D eigenvalue weighted by atomic mass is 35.5. The number of halogens is 1. The molecule has 5 nitrogen and oxygen atoms in total. The first-order valence-electron chi connectivity index (χ1n) is 6.23. The monoisotopic (exact) mass is 299 g/mol. The first kappa shape index (κ1) is 12.7. The summed E-state index contributed by atoms with van der Waals surface area (Å²) in [6.07, 6.45) is 3.53. The van der Waals surface area contributed by atoms with Crippen molar-refractivity contribution in [3.8, 4) is 0 Å². The molecule has 1 fully saturated rings. The number of nitrogens with zero attached hydrogens (tertiary/aromatic N) is 2. The predicted octanol–water partition coefficient (Wildman–Crippen LogP) is 2.39. The van der Waals surface area contributed by atoms with Crippen LogP contribution in [0.4, 0.5) is 11.4 Å². The highest BCUT2D eigenvalue weighted by Crippen LogP contribution is 2.32.